The van der Waals surface area contributed by atoms with Crippen LogP contribution in [0.25, 0.3) is 0 Å². The number of rotatable bonds is 5. The van der Waals surface area contributed by atoms with Crippen LogP contribution in [-0.2, 0) is 10.2 Å². The highest BCUT2D eigenvalue weighted by Crippen LogP contribution is 2.33. The van der Waals surface area contributed by atoms with Crippen molar-refractivity contribution in [1.29, 1.82) is 0 Å². The van der Waals surface area contributed by atoms with E-state index in [1.54, 1.807) is 23.1 Å². The van der Waals surface area contributed by atoms with Crippen molar-refractivity contribution < 1.29 is 4.79 Å². The summed E-state index contributed by atoms with van der Waals surface area (Å²) < 4.78 is 0. The summed E-state index contributed by atoms with van der Waals surface area (Å²) >= 11 is 3.57. The Morgan fingerprint density at radius 2 is 1.96 bits per heavy atom. The lowest BCUT2D eigenvalue weighted by Gasteiger charge is -2.31. The molecular formula is C22H30N2OS2. The minimum absolute atomic E-state index is 0.111. The SMILES string of the molecule is Cc1ccccc1SCCC(=O)N1CCC(c2nc(C(C)(C)C)cs2)CC1. The van der Waals surface area contributed by atoms with E-state index in [2.05, 4.69) is 57.3 Å². The van der Waals surface area contributed by atoms with Gasteiger partial charge in [0.05, 0.1) is 10.7 Å². The second-order valence-corrected chi connectivity index (χ2v) is 10.4. The second kappa shape index (κ2) is 8.78. The van der Waals surface area contributed by atoms with E-state index in [1.807, 2.05) is 4.90 Å². The molecule has 0 unspecified atom stereocenters. The Hall–Kier alpha value is -1.33. The van der Waals surface area contributed by atoms with Crippen molar-refractivity contribution in [2.75, 3.05) is 18.8 Å². The molecule has 1 amide bonds. The van der Waals surface area contributed by atoms with Crippen molar-refractivity contribution in [3.63, 3.8) is 0 Å². The quantitative estimate of drug-likeness (QED) is 0.607. The van der Waals surface area contributed by atoms with E-state index in [-0.39, 0.29) is 5.41 Å². The Balaban J connectivity index is 1.45. The molecule has 3 rings (SSSR count). The van der Waals surface area contributed by atoms with E-state index in [9.17, 15) is 4.79 Å². The summed E-state index contributed by atoms with van der Waals surface area (Å²) in [4.78, 5) is 20.8. The molecule has 1 aliphatic rings. The number of amides is 1. The third-order valence-electron chi connectivity index (χ3n) is 5.15. The molecule has 0 spiro atoms. The number of hydrogen-bond donors (Lipinski definition) is 0. The van der Waals surface area contributed by atoms with E-state index in [0.29, 0.717) is 18.2 Å². The molecule has 1 aliphatic heterocycles. The highest BCUT2D eigenvalue weighted by atomic mass is 32.2. The van der Waals surface area contributed by atoms with Gasteiger partial charge in [-0.2, -0.15) is 0 Å². The maximum atomic E-state index is 12.6. The highest BCUT2D eigenvalue weighted by Gasteiger charge is 2.27. The highest BCUT2D eigenvalue weighted by molar-refractivity contribution is 7.99. The summed E-state index contributed by atoms with van der Waals surface area (Å²) in [6.45, 7) is 10.5. The van der Waals surface area contributed by atoms with Crippen LogP contribution >= 0.6 is 23.1 Å². The zero-order valence-electron chi connectivity index (χ0n) is 16.8. The molecular weight excluding hydrogens is 372 g/mol. The molecule has 0 N–H and O–H groups in total. The average molecular weight is 403 g/mol. The number of piperidine rings is 1. The van der Waals surface area contributed by atoms with Gasteiger partial charge in [0.1, 0.15) is 0 Å². The van der Waals surface area contributed by atoms with Gasteiger partial charge in [-0.05, 0) is 31.4 Å². The van der Waals surface area contributed by atoms with Crippen LogP contribution in [0.1, 0.15) is 62.2 Å². The van der Waals surface area contributed by atoms with Crippen LogP contribution in [0.15, 0.2) is 34.5 Å². The van der Waals surface area contributed by atoms with Gasteiger partial charge in [-0.3, -0.25) is 4.79 Å². The number of likely N-dealkylation sites (tertiary alicyclic amines) is 1. The van der Waals surface area contributed by atoms with Crippen molar-refractivity contribution in [2.24, 2.45) is 0 Å². The molecule has 146 valence electrons. The van der Waals surface area contributed by atoms with Crippen molar-refractivity contribution in [1.82, 2.24) is 9.88 Å². The van der Waals surface area contributed by atoms with Gasteiger partial charge >= 0.3 is 0 Å². The first-order valence-corrected chi connectivity index (χ1v) is 11.6. The largest absolute Gasteiger partial charge is 0.343 e. The van der Waals surface area contributed by atoms with Crippen LogP contribution in [0.4, 0.5) is 0 Å². The molecule has 27 heavy (non-hydrogen) atoms. The van der Waals surface area contributed by atoms with Crippen molar-refractivity contribution in [3.8, 4) is 0 Å². The van der Waals surface area contributed by atoms with E-state index < -0.39 is 0 Å². The molecule has 0 bridgehead atoms. The number of carbonyl (C=O) groups excluding carboxylic acids is 1. The lowest BCUT2D eigenvalue weighted by atomic mass is 9.93. The number of nitrogens with zero attached hydrogens (tertiary/aromatic N) is 2. The Kier molecular flexibility index (Phi) is 6.64. The summed E-state index contributed by atoms with van der Waals surface area (Å²) in [5.41, 5.74) is 2.59. The Bertz CT molecular complexity index is 771. The summed E-state index contributed by atoms with van der Waals surface area (Å²) in [6.07, 6.45) is 2.69. The monoisotopic (exact) mass is 402 g/mol. The first-order valence-electron chi connectivity index (χ1n) is 9.76. The van der Waals surface area contributed by atoms with E-state index >= 15 is 0 Å². The number of benzene rings is 1. The van der Waals surface area contributed by atoms with E-state index in [4.69, 9.17) is 4.98 Å². The van der Waals surface area contributed by atoms with Gasteiger partial charge in [0, 0.05) is 46.9 Å². The van der Waals surface area contributed by atoms with Crippen molar-refractivity contribution >= 4 is 29.0 Å². The molecule has 5 heteroatoms. The van der Waals surface area contributed by atoms with Gasteiger partial charge in [0.25, 0.3) is 0 Å². The zero-order valence-corrected chi connectivity index (χ0v) is 18.5. The van der Waals surface area contributed by atoms with E-state index in [1.165, 1.54) is 21.2 Å². The predicted octanol–water partition coefficient (Wildman–Crippen LogP) is 5.64. The molecule has 0 aliphatic carbocycles. The van der Waals surface area contributed by atoms with Crippen LogP contribution in [0, 0.1) is 6.92 Å². The van der Waals surface area contributed by atoms with Gasteiger partial charge in [0.2, 0.25) is 5.91 Å². The van der Waals surface area contributed by atoms with Crippen LogP contribution in [0.3, 0.4) is 0 Å². The fraction of sp³-hybridized carbons (Fsp3) is 0.545. The third-order valence-corrected chi connectivity index (χ3v) is 7.34. The zero-order chi connectivity index (χ0) is 19.4. The van der Waals surface area contributed by atoms with Crippen molar-refractivity contribution in [3.05, 3.63) is 45.9 Å². The predicted molar refractivity (Wildman–Crippen MR) is 116 cm³/mol. The number of thioether (sulfide) groups is 1. The summed E-state index contributed by atoms with van der Waals surface area (Å²) in [5, 5.41) is 3.46. The first kappa shape index (κ1) is 20.4. The summed E-state index contributed by atoms with van der Waals surface area (Å²) in [7, 11) is 0. The summed E-state index contributed by atoms with van der Waals surface area (Å²) in [6, 6.07) is 8.38. The molecule has 1 fully saturated rings. The average Bonchev–Trinajstić information content (AvgIpc) is 3.14. The Morgan fingerprint density at radius 3 is 2.59 bits per heavy atom. The van der Waals surface area contributed by atoms with Gasteiger partial charge in [0.15, 0.2) is 0 Å². The maximum Gasteiger partial charge on any atom is 0.223 e. The number of hydrogen-bond acceptors (Lipinski definition) is 4. The number of thiazole rings is 1. The fourth-order valence-corrected chi connectivity index (χ4v) is 5.51. The summed E-state index contributed by atoms with van der Waals surface area (Å²) in [5.74, 6) is 1.66. The second-order valence-electron chi connectivity index (χ2n) is 8.34. The molecule has 2 aromatic rings. The standard InChI is InChI=1S/C22H30N2OS2/c1-16-7-5-6-8-18(16)26-14-11-20(25)24-12-9-17(10-13-24)21-23-19(15-27-21)22(2,3)4/h5-8,15,17H,9-14H2,1-4H3. The number of aryl methyl sites for hydroxylation is 1. The fourth-order valence-electron chi connectivity index (χ4n) is 3.32. The molecule has 1 aromatic carbocycles. The molecule has 0 atom stereocenters. The minimum Gasteiger partial charge on any atom is -0.343 e. The van der Waals surface area contributed by atoms with Crippen LogP contribution in [-0.4, -0.2) is 34.6 Å². The minimum atomic E-state index is 0.111. The first-order chi connectivity index (χ1) is 12.8. The number of aromatic nitrogens is 1. The molecule has 3 nitrogen and oxygen atoms in total. The van der Waals surface area contributed by atoms with Crippen LogP contribution in [0.2, 0.25) is 0 Å². The van der Waals surface area contributed by atoms with Gasteiger partial charge in [-0.25, -0.2) is 4.98 Å². The molecule has 0 radical (unpaired) electrons. The Labute approximate surface area is 171 Å². The normalized spacial score (nSPS) is 15.9. The van der Waals surface area contributed by atoms with Gasteiger partial charge in [-0.15, -0.1) is 23.1 Å². The van der Waals surface area contributed by atoms with Crippen LogP contribution in [0.5, 0.6) is 0 Å². The van der Waals surface area contributed by atoms with Gasteiger partial charge < -0.3 is 4.90 Å². The molecule has 1 saturated heterocycles. The lowest BCUT2D eigenvalue weighted by Crippen LogP contribution is -2.38. The van der Waals surface area contributed by atoms with Crippen molar-refractivity contribution in [2.45, 2.75) is 63.2 Å². The maximum absolute atomic E-state index is 12.6. The van der Waals surface area contributed by atoms with Crippen LogP contribution < -0.4 is 0 Å². The molecule has 2 heterocycles. The molecule has 1 aromatic heterocycles. The smallest absolute Gasteiger partial charge is 0.223 e. The van der Waals surface area contributed by atoms with Gasteiger partial charge in [-0.1, -0.05) is 39.0 Å². The third kappa shape index (κ3) is 5.35. The number of carbonyl (C=O) groups is 1. The topological polar surface area (TPSA) is 33.2 Å². The molecule has 0 saturated carbocycles. The van der Waals surface area contributed by atoms with E-state index in [0.717, 1.165) is 31.7 Å². The lowest BCUT2D eigenvalue weighted by molar-refractivity contribution is -0.131. The Morgan fingerprint density at radius 1 is 1.26 bits per heavy atom.